The lowest BCUT2D eigenvalue weighted by Gasteiger charge is -2.15. The summed E-state index contributed by atoms with van der Waals surface area (Å²) in [5, 5.41) is 6.21. The average Bonchev–Trinajstić information content (AvgIpc) is 3.16. The van der Waals surface area contributed by atoms with Crippen molar-refractivity contribution in [1.82, 2.24) is 15.0 Å². The quantitative estimate of drug-likeness (QED) is 0.319. The molecule has 0 fully saturated rings. The van der Waals surface area contributed by atoms with Crippen molar-refractivity contribution in [3.63, 3.8) is 0 Å². The van der Waals surface area contributed by atoms with Crippen molar-refractivity contribution in [2.75, 3.05) is 0 Å². The standard InChI is InChI=1S/C22H15N3/c1-2-5-14-11-18-15(10-13(14)4-1)7-8-16-17-6-3-9-23-20(17)22-21(19(16)18)24-12-25-22/h1-3,6-12,23H,4-5H2. The predicted molar refractivity (Wildman–Crippen MR) is 103 cm³/mol. The monoisotopic (exact) mass is 321 g/mol. The van der Waals surface area contributed by atoms with Crippen LogP contribution in [0, 0.1) is 0 Å². The van der Waals surface area contributed by atoms with Crippen LogP contribution in [0.25, 0.3) is 43.5 Å². The summed E-state index contributed by atoms with van der Waals surface area (Å²) in [6, 6.07) is 13.4. The number of hydrogen-bond acceptors (Lipinski definition) is 2. The van der Waals surface area contributed by atoms with Gasteiger partial charge in [-0.2, -0.15) is 0 Å². The van der Waals surface area contributed by atoms with Crippen molar-refractivity contribution in [1.29, 1.82) is 0 Å². The Morgan fingerprint density at radius 3 is 2.56 bits per heavy atom. The van der Waals surface area contributed by atoms with Crippen LogP contribution in [0.4, 0.5) is 0 Å². The molecule has 1 aliphatic rings. The molecule has 1 N–H and O–H groups in total. The molecule has 6 rings (SSSR count). The molecule has 3 heteroatoms. The number of fused-ring (bicyclic) bond motifs is 9. The Bertz CT molecular complexity index is 1340. The van der Waals surface area contributed by atoms with Crippen LogP contribution in [0.15, 0.2) is 61.1 Å². The summed E-state index contributed by atoms with van der Waals surface area (Å²) in [5.74, 6) is 0. The second-order valence-corrected chi connectivity index (χ2v) is 6.74. The number of nitrogens with zero attached hydrogens (tertiary/aromatic N) is 2. The summed E-state index contributed by atoms with van der Waals surface area (Å²) in [6.45, 7) is 0. The molecular formula is C22H15N3. The number of aromatic nitrogens is 3. The molecule has 5 aromatic rings. The van der Waals surface area contributed by atoms with Crippen molar-refractivity contribution < 1.29 is 0 Å². The highest BCUT2D eigenvalue weighted by atomic mass is 14.9. The zero-order valence-corrected chi connectivity index (χ0v) is 13.6. The highest BCUT2D eigenvalue weighted by Gasteiger charge is 2.15. The SMILES string of the molecule is C1=CCc2cc3c(ccc4c5ccc[nH]c5c5ncnc5c34)cc2C1. The number of hydrogen-bond donors (Lipinski definition) is 1. The summed E-state index contributed by atoms with van der Waals surface area (Å²) in [6.07, 6.45) is 10.2. The van der Waals surface area contributed by atoms with Crippen molar-refractivity contribution in [3.8, 4) is 0 Å². The number of aromatic amines is 1. The van der Waals surface area contributed by atoms with Crippen molar-refractivity contribution in [3.05, 3.63) is 72.2 Å². The van der Waals surface area contributed by atoms with Crippen LogP contribution in [0.1, 0.15) is 11.1 Å². The fourth-order valence-corrected chi connectivity index (χ4v) is 4.23. The zero-order valence-electron chi connectivity index (χ0n) is 13.6. The van der Waals surface area contributed by atoms with Crippen molar-refractivity contribution in [2.45, 2.75) is 12.8 Å². The van der Waals surface area contributed by atoms with E-state index in [4.69, 9.17) is 0 Å². The lowest BCUT2D eigenvalue weighted by Crippen LogP contribution is -1.97. The lowest BCUT2D eigenvalue weighted by atomic mass is 9.90. The molecule has 3 aromatic carbocycles. The second kappa shape index (κ2) is 4.67. The van der Waals surface area contributed by atoms with E-state index in [1.807, 2.05) is 12.3 Å². The van der Waals surface area contributed by atoms with E-state index in [9.17, 15) is 0 Å². The first-order chi connectivity index (χ1) is 12.4. The van der Waals surface area contributed by atoms with E-state index >= 15 is 0 Å². The smallest absolute Gasteiger partial charge is 0.117 e. The number of nitrogens with one attached hydrogen (secondary N) is 1. The molecule has 2 aromatic heterocycles. The summed E-state index contributed by atoms with van der Waals surface area (Å²) < 4.78 is 0. The van der Waals surface area contributed by atoms with Gasteiger partial charge in [-0.3, -0.25) is 0 Å². The van der Waals surface area contributed by atoms with Gasteiger partial charge in [0.05, 0.1) is 5.52 Å². The third-order valence-corrected chi connectivity index (χ3v) is 5.40. The summed E-state index contributed by atoms with van der Waals surface area (Å²) in [7, 11) is 0. The Labute approximate surface area is 144 Å². The molecule has 0 bridgehead atoms. The predicted octanol–water partition coefficient (Wildman–Crippen LogP) is 5.07. The van der Waals surface area contributed by atoms with Gasteiger partial charge in [0, 0.05) is 17.0 Å². The zero-order chi connectivity index (χ0) is 16.4. The van der Waals surface area contributed by atoms with E-state index in [-0.39, 0.29) is 0 Å². The van der Waals surface area contributed by atoms with E-state index in [1.165, 1.54) is 38.1 Å². The number of H-pyrrole nitrogens is 1. The Morgan fingerprint density at radius 2 is 1.64 bits per heavy atom. The van der Waals surface area contributed by atoms with Crippen LogP contribution < -0.4 is 0 Å². The minimum Gasteiger partial charge on any atom is -0.359 e. The van der Waals surface area contributed by atoms with Gasteiger partial charge in [0.1, 0.15) is 17.4 Å². The van der Waals surface area contributed by atoms with Gasteiger partial charge in [0.25, 0.3) is 0 Å². The largest absolute Gasteiger partial charge is 0.359 e. The Morgan fingerprint density at radius 1 is 0.800 bits per heavy atom. The van der Waals surface area contributed by atoms with Gasteiger partial charge in [-0.15, -0.1) is 0 Å². The molecule has 0 atom stereocenters. The minimum absolute atomic E-state index is 0.952. The molecule has 0 spiro atoms. The molecule has 0 aliphatic heterocycles. The first-order valence-electron chi connectivity index (χ1n) is 8.63. The maximum absolute atomic E-state index is 4.61. The van der Waals surface area contributed by atoms with E-state index in [2.05, 4.69) is 57.4 Å². The van der Waals surface area contributed by atoms with Crippen LogP contribution in [0.2, 0.25) is 0 Å². The fourth-order valence-electron chi connectivity index (χ4n) is 4.23. The maximum Gasteiger partial charge on any atom is 0.117 e. The van der Waals surface area contributed by atoms with E-state index in [0.717, 1.165) is 29.4 Å². The summed E-state index contributed by atoms with van der Waals surface area (Å²) in [5.41, 5.74) is 5.86. The molecule has 1 aliphatic carbocycles. The molecule has 0 unspecified atom stereocenters. The maximum atomic E-state index is 4.61. The van der Waals surface area contributed by atoms with E-state index in [0.29, 0.717) is 0 Å². The molecule has 3 nitrogen and oxygen atoms in total. The molecule has 0 amide bonds. The van der Waals surface area contributed by atoms with Gasteiger partial charge in [0.15, 0.2) is 0 Å². The molecule has 2 heterocycles. The Balaban J connectivity index is 1.90. The topological polar surface area (TPSA) is 41.6 Å². The number of pyridine rings is 1. The first-order valence-corrected chi connectivity index (χ1v) is 8.63. The minimum atomic E-state index is 0.952. The highest BCUT2D eigenvalue weighted by Crippen LogP contribution is 2.37. The summed E-state index contributed by atoms with van der Waals surface area (Å²) in [4.78, 5) is 12.5. The molecule has 25 heavy (non-hydrogen) atoms. The third-order valence-electron chi connectivity index (χ3n) is 5.40. The van der Waals surface area contributed by atoms with Gasteiger partial charge in [-0.05, 0) is 52.3 Å². The summed E-state index contributed by atoms with van der Waals surface area (Å²) >= 11 is 0. The lowest BCUT2D eigenvalue weighted by molar-refractivity contribution is 1.10. The third kappa shape index (κ3) is 1.70. The Kier molecular flexibility index (Phi) is 2.45. The van der Waals surface area contributed by atoms with Crippen LogP contribution >= 0.6 is 0 Å². The molecular weight excluding hydrogens is 306 g/mol. The highest BCUT2D eigenvalue weighted by molar-refractivity contribution is 6.28. The molecule has 118 valence electrons. The van der Waals surface area contributed by atoms with Crippen LogP contribution in [-0.4, -0.2) is 15.0 Å². The number of benzene rings is 3. The van der Waals surface area contributed by atoms with E-state index in [1.54, 1.807) is 6.33 Å². The van der Waals surface area contributed by atoms with Crippen molar-refractivity contribution >= 4 is 43.5 Å². The van der Waals surface area contributed by atoms with Gasteiger partial charge >= 0.3 is 0 Å². The van der Waals surface area contributed by atoms with Gasteiger partial charge < -0.3 is 4.98 Å². The Hall–Kier alpha value is -3.20. The van der Waals surface area contributed by atoms with E-state index < -0.39 is 0 Å². The average molecular weight is 321 g/mol. The molecule has 0 saturated heterocycles. The molecule has 0 saturated carbocycles. The number of rotatable bonds is 0. The first kappa shape index (κ1) is 13.1. The van der Waals surface area contributed by atoms with Gasteiger partial charge in [-0.1, -0.05) is 36.4 Å². The fraction of sp³-hybridized carbons (Fsp3) is 0.0909. The van der Waals surface area contributed by atoms with Gasteiger partial charge in [-0.25, -0.2) is 9.97 Å². The number of imidazole rings is 1. The number of allylic oxidation sites excluding steroid dienone is 2. The van der Waals surface area contributed by atoms with Crippen LogP contribution in [0.5, 0.6) is 0 Å². The second-order valence-electron chi connectivity index (χ2n) is 6.74. The van der Waals surface area contributed by atoms with Crippen LogP contribution in [-0.2, 0) is 12.8 Å². The van der Waals surface area contributed by atoms with Crippen LogP contribution in [0.3, 0.4) is 0 Å². The molecule has 0 radical (unpaired) electrons. The van der Waals surface area contributed by atoms with Gasteiger partial charge in [0.2, 0.25) is 0 Å². The van der Waals surface area contributed by atoms with Crippen molar-refractivity contribution in [2.24, 2.45) is 0 Å². The normalized spacial score (nSPS) is 13.9.